The Morgan fingerprint density at radius 2 is 1.85 bits per heavy atom. The molecule has 0 saturated heterocycles. The lowest BCUT2D eigenvalue weighted by atomic mass is 10.1. The number of carbonyl (C=O) groups excluding carboxylic acids is 1. The van der Waals surface area contributed by atoms with Gasteiger partial charge in [-0.25, -0.2) is 0 Å². The van der Waals surface area contributed by atoms with Crippen LogP contribution in [0, 0.1) is 0 Å². The number of nitrogens with one attached hydrogen (secondary N) is 2. The van der Waals surface area contributed by atoms with E-state index in [1.165, 1.54) is 24.3 Å². The molecule has 134 valence electrons. The Morgan fingerprint density at radius 3 is 2.54 bits per heavy atom. The zero-order valence-electron chi connectivity index (χ0n) is 13.4. The van der Waals surface area contributed by atoms with Crippen LogP contribution in [0.25, 0.3) is 10.8 Å². The van der Waals surface area contributed by atoms with Crippen LogP contribution >= 0.6 is 11.6 Å². The first-order valence-corrected chi connectivity index (χ1v) is 7.79. The summed E-state index contributed by atoms with van der Waals surface area (Å²) in [5.74, 6) is -0.0700. The normalized spacial score (nSPS) is 11.4. The van der Waals surface area contributed by atoms with Crippen molar-refractivity contribution in [3.63, 3.8) is 0 Å². The minimum atomic E-state index is -4.49. The van der Waals surface area contributed by atoms with Crippen LogP contribution in [0.5, 0.6) is 0 Å². The SMILES string of the molecule is CNc1nnc(Cl)c2cc(C(=O)Nc3cccc(C(F)(F)F)c3)ccc12. The highest BCUT2D eigenvalue weighted by molar-refractivity contribution is 6.34. The number of halogens is 4. The third-order valence-electron chi connectivity index (χ3n) is 3.68. The molecule has 0 aliphatic carbocycles. The minimum Gasteiger partial charge on any atom is -0.371 e. The average Bonchev–Trinajstić information content (AvgIpc) is 2.61. The van der Waals surface area contributed by atoms with Crippen LogP contribution in [0.2, 0.25) is 5.15 Å². The van der Waals surface area contributed by atoms with E-state index in [-0.39, 0.29) is 16.4 Å². The Balaban J connectivity index is 1.92. The molecule has 0 atom stereocenters. The lowest BCUT2D eigenvalue weighted by Crippen LogP contribution is -2.13. The molecule has 0 spiro atoms. The van der Waals surface area contributed by atoms with E-state index >= 15 is 0 Å². The van der Waals surface area contributed by atoms with Crippen LogP contribution in [0.15, 0.2) is 42.5 Å². The first-order valence-electron chi connectivity index (χ1n) is 7.42. The largest absolute Gasteiger partial charge is 0.416 e. The number of benzene rings is 2. The Kier molecular flexibility index (Phi) is 4.69. The third kappa shape index (κ3) is 3.55. The highest BCUT2D eigenvalue weighted by Gasteiger charge is 2.30. The van der Waals surface area contributed by atoms with Crippen molar-refractivity contribution in [2.75, 3.05) is 17.7 Å². The molecular weight excluding hydrogens is 369 g/mol. The quantitative estimate of drug-likeness (QED) is 0.697. The predicted molar refractivity (Wildman–Crippen MR) is 93.5 cm³/mol. The second-order valence-electron chi connectivity index (χ2n) is 5.38. The fraction of sp³-hybridized carbons (Fsp3) is 0.118. The Bertz CT molecular complexity index is 991. The number of nitrogens with zero attached hydrogens (tertiary/aromatic N) is 2. The summed E-state index contributed by atoms with van der Waals surface area (Å²) in [6.45, 7) is 0. The van der Waals surface area contributed by atoms with E-state index in [2.05, 4.69) is 20.8 Å². The summed E-state index contributed by atoms with van der Waals surface area (Å²) in [7, 11) is 1.67. The molecule has 2 aromatic carbocycles. The number of hydrogen-bond donors (Lipinski definition) is 2. The topological polar surface area (TPSA) is 66.9 Å². The maximum atomic E-state index is 12.8. The molecule has 0 aliphatic rings. The molecule has 5 nitrogen and oxygen atoms in total. The molecule has 0 fully saturated rings. The zero-order chi connectivity index (χ0) is 18.9. The second kappa shape index (κ2) is 6.80. The molecule has 3 aromatic rings. The number of alkyl halides is 3. The van der Waals surface area contributed by atoms with Crippen molar-refractivity contribution in [1.82, 2.24) is 10.2 Å². The molecule has 0 aliphatic heterocycles. The van der Waals surface area contributed by atoms with Crippen molar-refractivity contribution in [3.05, 3.63) is 58.7 Å². The van der Waals surface area contributed by atoms with E-state index in [0.29, 0.717) is 16.6 Å². The summed E-state index contributed by atoms with van der Waals surface area (Å²) < 4.78 is 38.3. The summed E-state index contributed by atoms with van der Waals surface area (Å²) in [6.07, 6.45) is -4.49. The molecule has 1 amide bonds. The molecular formula is C17H12ClF3N4O. The van der Waals surface area contributed by atoms with Crippen molar-refractivity contribution in [3.8, 4) is 0 Å². The molecule has 2 N–H and O–H groups in total. The number of carbonyl (C=O) groups is 1. The molecule has 0 saturated carbocycles. The number of aromatic nitrogens is 2. The van der Waals surface area contributed by atoms with E-state index in [4.69, 9.17) is 11.6 Å². The van der Waals surface area contributed by atoms with Crippen LogP contribution in [-0.4, -0.2) is 23.2 Å². The standard InChI is InChI=1S/C17H12ClF3N4O/c1-22-15-12-6-5-9(7-13(12)14(18)24-25-15)16(26)23-11-4-2-3-10(8-11)17(19,20)21/h2-8H,1H3,(H,22,25)(H,23,26). The number of anilines is 2. The van der Waals surface area contributed by atoms with E-state index in [0.717, 1.165) is 12.1 Å². The first kappa shape index (κ1) is 17.9. The predicted octanol–water partition coefficient (Wildman–Crippen LogP) is 4.60. The lowest BCUT2D eigenvalue weighted by molar-refractivity contribution is -0.137. The summed E-state index contributed by atoms with van der Waals surface area (Å²) in [5, 5.41) is 14.3. The number of rotatable bonds is 3. The van der Waals surface area contributed by atoms with E-state index in [9.17, 15) is 18.0 Å². The first-order chi connectivity index (χ1) is 12.3. The fourth-order valence-electron chi connectivity index (χ4n) is 2.43. The maximum absolute atomic E-state index is 12.8. The zero-order valence-corrected chi connectivity index (χ0v) is 14.1. The molecule has 0 radical (unpaired) electrons. The van der Waals surface area contributed by atoms with Crippen molar-refractivity contribution in [2.24, 2.45) is 0 Å². The summed E-state index contributed by atoms with van der Waals surface area (Å²) in [6, 6.07) is 9.10. The molecule has 0 unspecified atom stereocenters. The van der Waals surface area contributed by atoms with Crippen LogP contribution in [0.4, 0.5) is 24.7 Å². The second-order valence-corrected chi connectivity index (χ2v) is 5.74. The Labute approximate surface area is 151 Å². The number of fused-ring (bicyclic) bond motifs is 1. The van der Waals surface area contributed by atoms with Crippen molar-refractivity contribution in [2.45, 2.75) is 6.18 Å². The van der Waals surface area contributed by atoms with Crippen LogP contribution in [0.1, 0.15) is 15.9 Å². The summed E-state index contributed by atoms with van der Waals surface area (Å²) in [4.78, 5) is 12.4. The number of hydrogen-bond acceptors (Lipinski definition) is 4. The van der Waals surface area contributed by atoms with Crippen molar-refractivity contribution < 1.29 is 18.0 Å². The van der Waals surface area contributed by atoms with Gasteiger partial charge in [-0.2, -0.15) is 13.2 Å². The fourth-order valence-corrected chi connectivity index (χ4v) is 2.62. The Hall–Kier alpha value is -2.87. The van der Waals surface area contributed by atoms with E-state index < -0.39 is 17.6 Å². The smallest absolute Gasteiger partial charge is 0.371 e. The van der Waals surface area contributed by atoms with Crippen molar-refractivity contribution >= 4 is 39.8 Å². The molecule has 3 rings (SSSR count). The van der Waals surface area contributed by atoms with Gasteiger partial charge in [-0.1, -0.05) is 17.7 Å². The van der Waals surface area contributed by atoms with Gasteiger partial charge in [0.25, 0.3) is 5.91 Å². The van der Waals surface area contributed by atoms with Crippen LogP contribution in [0.3, 0.4) is 0 Å². The van der Waals surface area contributed by atoms with E-state index in [1.54, 1.807) is 13.1 Å². The highest BCUT2D eigenvalue weighted by Crippen LogP contribution is 2.31. The molecule has 1 aromatic heterocycles. The maximum Gasteiger partial charge on any atom is 0.416 e. The van der Waals surface area contributed by atoms with Gasteiger partial charge in [-0.05, 0) is 36.4 Å². The average molecular weight is 381 g/mol. The molecule has 0 bridgehead atoms. The minimum absolute atomic E-state index is 0.0415. The van der Waals surface area contributed by atoms with Gasteiger partial charge in [-0.3, -0.25) is 4.79 Å². The van der Waals surface area contributed by atoms with Gasteiger partial charge in [-0.15, -0.1) is 10.2 Å². The van der Waals surface area contributed by atoms with Crippen LogP contribution in [-0.2, 0) is 6.18 Å². The van der Waals surface area contributed by atoms with Gasteiger partial charge in [0.05, 0.1) is 5.56 Å². The van der Waals surface area contributed by atoms with E-state index in [1.807, 2.05) is 0 Å². The molecule has 1 heterocycles. The van der Waals surface area contributed by atoms with Gasteiger partial charge in [0.15, 0.2) is 11.0 Å². The van der Waals surface area contributed by atoms with Gasteiger partial charge < -0.3 is 10.6 Å². The Morgan fingerprint density at radius 1 is 1.08 bits per heavy atom. The third-order valence-corrected chi connectivity index (χ3v) is 3.96. The van der Waals surface area contributed by atoms with Gasteiger partial charge >= 0.3 is 6.18 Å². The monoisotopic (exact) mass is 380 g/mol. The van der Waals surface area contributed by atoms with Crippen molar-refractivity contribution in [1.29, 1.82) is 0 Å². The van der Waals surface area contributed by atoms with Gasteiger partial charge in [0, 0.05) is 29.1 Å². The summed E-state index contributed by atoms with van der Waals surface area (Å²) >= 11 is 6.04. The molecule has 9 heteroatoms. The number of amides is 1. The lowest BCUT2D eigenvalue weighted by Gasteiger charge is -2.11. The molecule has 26 heavy (non-hydrogen) atoms. The van der Waals surface area contributed by atoms with Gasteiger partial charge in [0.2, 0.25) is 0 Å². The highest BCUT2D eigenvalue weighted by atomic mass is 35.5. The van der Waals surface area contributed by atoms with Crippen LogP contribution < -0.4 is 10.6 Å². The van der Waals surface area contributed by atoms with Gasteiger partial charge in [0.1, 0.15) is 0 Å². The summed E-state index contributed by atoms with van der Waals surface area (Å²) in [5.41, 5.74) is -0.572.